The molecule has 9 nitrogen and oxygen atoms in total. The average molecular weight is 714 g/mol. The zero-order valence-electron chi connectivity index (χ0n) is 25.2. The van der Waals surface area contributed by atoms with E-state index in [1.807, 2.05) is 24.3 Å². The molecule has 0 amide bonds. The fourth-order valence-electron chi connectivity index (χ4n) is 5.01. The summed E-state index contributed by atoms with van der Waals surface area (Å²) in [5.41, 5.74) is 2.58. The number of aromatic nitrogens is 1. The first-order valence-electron chi connectivity index (χ1n) is 13.9. The van der Waals surface area contributed by atoms with Gasteiger partial charge in [0.1, 0.15) is 6.61 Å². The van der Waals surface area contributed by atoms with Crippen molar-refractivity contribution in [2.45, 2.75) is 26.5 Å². The number of halogens is 2. The van der Waals surface area contributed by atoms with Gasteiger partial charge in [0.05, 0.1) is 54.3 Å². The number of allylic oxidation sites excluding steroid dienone is 1. The quantitative estimate of drug-likeness (QED) is 0.191. The number of nitrogens with zero attached hydrogens (tertiary/aromatic N) is 2. The standard InChI is InChI=1S/C33H30BrClN2O7S/c1-6-43-32(39)28-18(2)36-33-37(29(28)20-11-12-24(40-3)25(16-20)41-4)31(38)27(45-33)15-19-13-22(34)30(26(14-19)42-5)44-17-21-9-7-8-10-23(21)35/h7-16,29H,6,17H2,1-5H3. The van der Waals surface area contributed by atoms with Crippen LogP contribution in [-0.2, 0) is 16.1 Å². The van der Waals surface area contributed by atoms with Crippen LogP contribution in [0.5, 0.6) is 23.0 Å². The highest BCUT2D eigenvalue weighted by molar-refractivity contribution is 9.10. The lowest BCUT2D eigenvalue weighted by Gasteiger charge is -2.25. The van der Waals surface area contributed by atoms with Crippen LogP contribution in [0.3, 0.4) is 0 Å². The molecule has 0 aliphatic carbocycles. The number of fused-ring (bicyclic) bond motifs is 1. The van der Waals surface area contributed by atoms with Gasteiger partial charge in [-0.15, -0.1) is 0 Å². The van der Waals surface area contributed by atoms with Gasteiger partial charge in [-0.1, -0.05) is 47.2 Å². The minimum atomic E-state index is -0.802. The van der Waals surface area contributed by atoms with Crippen molar-refractivity contribution in [3.05, 3.63) is 112 Å². The van der Waals surface area contributed by atoms with E-state index in [1.54, 1.807) is 64.5 Å². The Labute approximate surface area is 277 Å². The maximum atomic E-state index is 14.1. The van der Waals surface area contributed by atoms with Gasteiger partial charge in [-0.3, -0.25) is 9.36 Å². The van der Waals surface area contributed by atoms with E-state index in [-0.39, 0.29) is 24.3 Å². The molecule has 12 heteroatoms. The normalized spacial score (nSPS) is 14.5. The van der Waals surface area contributed by atoms with E-state index < -0.39 is 12.0 Å². The highest BCUT2D eigenvalue weighted by Crippen LogP contribution is 2.38. The third-order valence-corrected chi connectivity index (χ3v) is 9.06. The van der Waals surface area contributed by atoms with Crippen molar-refractivity contribution >= 4 is 50.9 Å². The van der Waals surface area contributed by atoms with Crippen molar-refractivity contribution in [3.63, 3.8) is 0 Å². The number of hydrogen-bond donors (Lipinski definition) is 0. The number of carbonyl (C=O) groups is 1. The molecule has 1 aliphatic rings. The van der Waals surface area contributed by atoms with E-state index in [1.165, 1.54) is 23.0 Å². The van der Waals surface area contributed by atoms with E-state index in [2.05, 4.69) is 20.9 Å². The lowest BCUT2D eigenvalue weighted by Crippen LogP contribution is -2.40. The summed E-state index contributed by atoms with van der Waals surface area (Å²) in [5.74, 6) is 1.40. The third-order valence-electron chi connectivity index (χ3n) is 7.12. The van der Waals surface area contributed by atoms with Crippen LogP contribution in [0.2, 0.25) is 5.02 Å². The number of benzene rings is 3. The first kappa shape index (κ1) is 32.3. The summed E-state index contributed by atoms with van der Waals surface area (Å²) in [5, 5.41) is 0.604. The second-order valence-electron chi connectivity index (χ2n) is 9.83. The molecule has 1 aromatic heterocycles. The molecule has 4 aromatic rings. The van der Waals surface area contributed by atoms with Crippen molar-refractivity contribution in [1.82, 2.24) is 4.57 Å². The number of carbonyl (C=O) groups excluding carboxylic acids is 1. The maximum Gasteiger partial charge on any atom is 0.338 e. The van der Waals surface area contributed by atoms with Gasteiger partial charge < -0.3 is 23.7 Å². The Morgan fingerprint density at radius 2 is 1.78 bits per heavy atom. The van der Waals surface area contributed by atoms with Crippen molar-refractivity contribution < 1.29 is 28.5 Å². The fraction of sp³-hybridized carbons (Fsp3) is 0.242. The van der Waals surface area contributed by atoms with Crippen molar-refractivity contribution in [3.8, 4) is 23.0 Å². The minimum Gasteiger partial charge on any atom is -0.493 e. The summed E-state index contributed by atoms with van der Waals surface area (Å²) in [7, 11) is 4.62. The molecule has 0 spiro atoms. The smallest absolute Gasteiger partial charge is 0.338 e. The fourth-order valence-corrected chi connectivity index (χ4v) is 6.82. The molecule has 0 radical (unpaired) electrons. The van der Waals surface area contributed by atoms with Gasteiger partial charge in [-0.2, -0.15) is 0 Å². The van der Waals surface area contributed by atoms with Crippen molar-refractivity contribution in [2.75, 3.05) is 27.9 Å². The van der Waals surface area contributed by atoms with E-state index in [0.717, 1.165) is 5.56 Å². The Morgan fingerprint density at radius 3 is 2.47 bits per heavy atom. The second kappa shape index (κ2) is 13.9. The van der Waals surface area contributed by atoms with Crippen LogP contribution in [0, 0.1) is 0 Å². The molecule has 2 heterocycles. The molecule has 0 saturated carbocycles. The van der Waals surface area contributed by atoms with E-state index >= 15 is 0 Å². The van der Waals surface area contributed by atoms with Crippen LogP contribution in [0.4, 0.5) is 0 Å². The molecule has 0 saturated heterocycles. The van der Waals surface area contributed by atoms with Gasteiger partial charge in [0.15, 0.2) is 27.8 Å². The largest absolute Gasteiger partial charge is 0.493 e. The summed E-state index contributed by atoms with van der Waals surface area (Å²) in [6, 6.07) is 15.5. The van der Waals surface area contributed by atoms with Gasteiger partial charge >= 0.3 is 5.97 Å². The van der Waals surface area contributed by atoms with Crippen LogP contribution in [0.15, 0.2) is 80.1 Å². The van der Waals surface area contributed by atoms with Crippen LogP contribution in [0.1, 0.15) is 36.6 Å². The summed E-state index contributed by atoms with van der Waals surface area (Å²) in [6.45, 7) is 3.88. The highest BCUT2D eigenvalue weighted by Gasteiger charge is 2.34. The van der Waals surface area contributed by atoms with Crippen molar-refractivity contribution in [2.24, 2.45) is 4.99 Å². The molecule has 3 aromatic carbocycles. The molecule has 234 valence electrons. The summed E-state index contributed by atoms with van der Waals surface area (Å²) < 4.78 is 30.6. The Kier molecular flexibility index (Phi) is 10.0. The molecule has 45 heavy (non-hydrogen) atoms. The molecule has 1 atom stereocenters. The minimum absolute atomic E-state index is 0.174. The molecule has 0 fully saturated rings. The predicted molar refractivity (Wildman–Crippen MR) is 176 cm³/mol. The van der Waals surface area contributed by atoms with E-state index in [9.17, 15) is 9.59 Å². The Balaban J connectivity index is 1.60. The topological polar surface area (TPSA) is 97.6 Å². The van der Waals surface area contributed by atoms with Crippen LogP contribution < -0.4 is 33.8 Å². The molecule has 5 rings (SSSR count). The number of esters is 1. The first-order valence-corrected chi connectivity index (χ1v) is 15.8. The number of hydrogen-bond acceptors (Lipinski definition) is 9. The Bertz CT molecular complexity index is 1990. The average Bonchev–Trinajstić information content (AvgIpc) is 3.33. The SMILES string of the molecule is CCOC(=O)C1=C(C)N=c2sc(=Cc3cc(Br)c(OCc4ccccc4Cl)c(OC)c3)c(=O)n2C1c1ccc(OC)c(OC)c1. The zero-order chi connectivity index (χ0) is 32.2. The number of thiazole rings is 1. The first-order chi connectivity index (χ1) is 21.7. The van der Waals surface area contributed by atoms with Gasteiger partial charge in [0, 0.05) is 10.6 Å². The van der Waals surface area contributed by atoms with Gasteiger partial charge in [0.2, 0.25) is 0 Å². The van der Waals surface area contributed by atoms with Crippen LogP contribution >= 0.6 is 38.9 Å². The summed E-state index contributed by atoms with van der Waals surface area (Å²) in [4.78, 5) is 32.4. The third kappa shape index (κ3) is 6.51. The van der Waals surface area contributed by atoms with Gasteiger partial charge in [-0.05, 0) is 77.3 Å². The second-order valence-corrected chi connectivity index (χ2v) is 12.1. The van der Waals surface area contributed by atoms with Crippen molar-refractivity contribution in [1.29, 1.82) is 0 Å². The molecular weight excluding hydrogens is 684 g/mol. The summed E-state index contributed by atoms with van der Waals surface area (Å²) >= 11 is 11.1. The highest BCUT2D eigenvalue weighted by atomic mass is 79.9. The molecule has 1 unspecified atom stereocenters. The number of methoxy groups -OCH3 is 3. The number of rotatable bonds is 10. The monoisotopic (exact) mass is 712 g/mol. The number of ether oxygens (including phenoxy) is 5. The zero-order valence-corrected chi connectivity index (χ0v) is 28.3. The molecule has 1 aliphatic heterocycles. The molecular formula is C33H30BrClN2O7S. The maximum absolute atomic E-state index is 14.1. The molecule has 0 bridgehead atoms. The predicted octanol–water partition coefficient (Wildman–Crippen LogP) is 5.82. The lowest BCUT2D eigenvalue weighted by molar-refractivity contribution is -0.139. The van der Waals surface area contributed by atoms with E-state index in [4.69, 9.17) is 35.3 Å². The Hall–Kier alpha value is -4.06. The Morgan fingerprint density at radius 1 is 1.04 bits per heavy atom. The van der Waals surface area contributed by atoms with E-state index in [0.29, 0.717) is 58.7 Å². The lowest BCUT2D eigenvalue weighted by atomic mass is 9.95. The molecule has 0 N–H and O–H groups in total. The van der Waals surface area contributed by atoms with Crippen LogP contribution in [-0.4, -0.2) is 38.5 Å². The summed E-state index contributed by atoms with van der Waals surface area (Å²) in [6.07, 6.45) is 1.75. The van der Waals surface area contributed by atoms with Gasteiger partial charge in [-0.25, -0.2) is 9.79 Å². The van der Waals surface area contributed by atoms with Crippen LogP contribution in [0.25, 0.3) is 6.08 Å². The van der Waals surface area contributed by atoms with Gasteiger partial charge in [0.25, 0.3) is 5.56 Å².